The number of hydrogen-bond acceptors (Lipinski definition) is 5. The minimum atomic E-state index is -0.467. The molecule has 4 rings (SSSR count). The van der Waals surface area contributed by atoms with Gasteiger partial charge in [0.15, 0.2) is 11.5 Å². The maximum Gasteiger partial charge on any atom is 0.274 e. The van der Waals surface area contributed by atoms with E-state index in [2.05, 4.69) is 20.1 Å². The molecule has 0 aliphatic carbocycles. The molecule has 4 heterocycles. The van der Waals surface area contributed by atoms with Gasteiger partial charge >= 0.3 is 0 Å². The second kappa shape index (κ2) is 5.76. The van der Waals surface area contributed by atoms with Crippen LogP contribution < -0.4 is 5.56 Å². The maximum atomic E-state index is 13.1. The first-order chi connectivity index (χ1) is 12.1. The minimum Gasteiger partial charge on any atom is -0.346 e. The number of likely N-dealkylation sites (tertiary alicyclic amines) is 1. The summed E-state index contributed by atoms with van der Waals surface area (Å²) in [6, 6.07) is 2.75. The monoisotopic (exact) mass is 342 g/mol. The Morgan fingerprint density at radius 1 is 1.40 bits per heavy atom. The highest BCUT2D eigenvalue weighted by atomic mass is 19.1. The summed E-state index contributed by atoms with van der Waals surface area (Å²) in [5.74, 6) is -0.240. The van der Waals surface area contributed by atoms with Crippen LogP contribution in [0.1, 0.15) is 17.3 Å². The molecular weight excluding hydrogens is 327 g/mol. The van der Waals surface area contributed by atoms with Crippen molar-refractivity contribution in [2.24, 2.45) is 5.92 Å². The molecule has 1 aliphatic heterocycles. The first-order valence-corrected chi connectivity index (χ1v) is 7.86. The average molecular weight is 342 g/mol. The Bertz CT molecular complexity index is 999. The van der Waals surface area contributed by atoms with E-state index >= 15 is 0 Å². The van der Waals surface area contributed by atoms with E-state index in [1.54, 1.807) is 17.9 Å². The summed E-state index contributed by atoms with van der Waals surface area (Å²) >= 11 is 0. The molecule has 0 bridgehead atoms. The lowest BCUT2D eigenvalue weighted by molar-refractivity contribution is 0.0142. The number of nitrogens with zero attached hydrogens (tertiary/aromatic N) is 5. The lowest BCUT2D eigenvalue weighted by Crippen LogP contribution is -2.58. The van der Waals surface area contributed by atoms with Gasteiger partial charge in [0.25, 0.3) is 11.5 Å². The van der Waals surface area contributed by atoms with Crippen molar-refractivity contribution in [1.82, 2.24) is 29.5 Å². The standard InChI is InChI=1S/C16H15FN6O2/c1-9-10(7-17)8-22(9)16(25)12-13(14-18-4-2-5-19-14)21-23-11(24)3-6-20-15(12)23/h2-6,9-10,20H,7-8H2,1H3. The quantitative estimate of drug-likeness (QED) is 0.763. The molecule has 128 valence electrons. The Morgan fingerprint density at radius 2 is 2.16 bits per heavy atom. The molecular formula is C16H15FN6O2. The summed E-state index contributed by atoms with van der Waals surface area (Å²) < 4.78 is 14.0. The first kappa shape index (κ1) is 15.4. The van der Waals surface area contributed by atoms with Gasteiger partial charge in [-0.15, -0.1) is 0 Å². The molecule has 1 N–H and O–H groups in total. The lowest BCUT2D eigenvalue weighted by atomic mass is 9.90. The SMILES string of the molecule is CC1C(CF)CN1C(=O)c1c(-c2ncccn2)nn2c(=O)cc[nH]c12. The van der Waals surface area contributed by atoms with Crippen molar-refractivity contribution in [2.45, 2.75) is 13.0 Å². The molecule has 0 saturated carbocycles. The summed E-state index contributed by atoms with van der Waals surface area (Å²) in [5.41, 5.74) is 0.341. The van der Waals surface area contributed by atoms with E-state index in [-0.39, 0.29) is 46.2 Å². The van der Waals surface area contributed by atoms with Crippen LogP contribution in [-0.2, 0) is 0 Å². The zero-order valence-corrected chi connectivity index (χ0v) is 13.4. The van der Waals surface area contributed by atoms with Crippen molar-refractivity contribution in [3.05, 3.63) is 46.6 Å². The largest absolute Gasteiger partial charge is 0.346 e. The topological polar surface area (TPSA) is 96.2 Å². The normalized spacial score (nSPS) is 19.8. The smallest absolute Gasteiger partial charge is 0.274 e. The van der Waals surface area contributed by atoms with Gasteiger partial charge in [0.1, 0.15) is 11.3 Å². The average Bonchev–Trinajstić information content (AvgIpc) is 3.02. The Morgan fingerprint density at radius 3 is 2.84 bits per heavy atom. The van der Waals surface area contributed by atoms with Crippen LogP contribution in [0.3, 0.4) is 0 Å². The predicted octanol–water partition coefficient (Wildman–Crippen LogP) is 0.910. The molecule has 3 aromatic heterocycles. The Labute approximate surface area is 141 Å². The number of nitrogens with one attached hydrogen (secondary N) is 1. The van der Waals surface area contributed by atoms with E-state index in [4.69, 9.17) is 0 Å². The number of halogens is 1. The number of aromatic amines is 1. The number of aromatic nitrogens is 5. The van der Waals surface area contributed by atoms with E-state index in [0.717, 1.165) is 4.52 Å². The van der Waals surface area contributed by atoms with Crippen LogP contribution in [0.25, 0.3) is 17.2 Å². The zero-order chi connectivity index (χ0) is 17.6. The summed E-state index contributed by atoms with van der Waals surface area (Å²) in [7, 11) is 0. The molecule has 0 spiro atoms. The molecule has 2 atom stereocenters. The van der Waals surface area contributed by atoms with Crippen molar-refractivity contribution in [2.75, 3.05) is 13.2 Å². The third-order valence-electron chi connectivity index (χ3n) is 4.60. The van der Waals surface area contributed by atoms with Crippen LogP contribution in [0, 0.1) is 5.92 Å². The number of alkyl halides is 1. The fraction of sp³-hybridized carbons (Fsp3) is 0.312. The first-order valence-electron chi connectivity index (χ1n) is 7.86. The fourth-order valence-electron chi connectivity index (χ4n) is 3.03. The second-order valence-electron chi connectivity index (χ2n) is 5.98. The Hall–Kier alpha value is -3.10. The van der Waals surface area contributed by atoms with Gasteiger partial charge in [-0.1, -0.05) is 0 Å². The summed E-state index contributed by atoms with van der Waals surface area (Å²) in [6.45, 7) is 1.67. The maximum absolute atomic E-state index is 13.1. The third-order valence-corrected chi connectivity index (χ3v) is 4.60. The van der Waals surface area contributed by atoms with Crippen LogP contribution in [0.5, 0.6) is 0 Å². The molecule has 0 aromatic carbocycles. The number of amides is 1. The summed E-state index contributed by atoms with van der Waals surface area (Å²) in [4.78, 5) is 37.9. The third kappa shape index (κ3) is 2.31. The van der Waals surface area contributed by atoms with Gasteiger partial charge in [-0.05, 0) is 13.0 Å². The minimum absolute atomic E-state index is 0.165. The molecule has 1 saturated heterocycles. The van der Waals surface area contributed by atoms with Gasteiger partial charge in [0.05, 0.1) is 6.67 Å². The highest BCUT2D eigenvalue weighted by Crippen LogP contribution is 2.30. The molecule has 2 unspecified atom stereocenters. The number of carbonyl (C=O) groups excluding carboxylic acids is 1. The van der Waals surface area contributed by atoms with Gasteiger partial charge in [-0.3, -0.25) is 14.0 Å². The van der Waals surface area contributed by atoms with Gasteiger partial charge in [-0.2, -0.15) is 9.61 Å². The number of rotatable bonds is 3. The highest BCUT2D eigenvalue weighted by Gasteiger charge is 2.41. The van der Waals surface area contributed by atoms with Gasteiger partial charge in [0, 0.05) is 43.2 Å². The van der Waals surface area contributed by atoms with Crippen LogP contribution >= 0.6 is 0 Å². The molecule has 0 radical (unpaired) electrons. The van der Waals surface area contributed by atoms with E-state index in [9.17, 15) is 14.0 Å². The fourth-order valence-corrected chi connectivity index (χ4v) is 3.03. The molecule has 3 aromatic rings. The number of carbonyl (C=O) groups is 1. The molecule has 25 heavy (non-hydrogen) atoms. The molecule has 8 nitrogen and oxygen atoms in total. The highest BCUT2D eigenvalue weighted by molar-refractivity contribution is 6.05. The number of H-pyrrole nitrogens is 1. The van der Waals surface area contributed by atoms with E-state index in [1.165, 1.54) is 24.7 Å². The van der Waals surface area contributed by atoms with Crippen molar-refractivity contribution >= 4 is 11.6 Å². The van der Waals surface area contributed by atoms with Crippen LogP contribution in [-0.4, -0.2) is 54.6 Å². The van der Waals surface area contributed by atoms with Crippen molar-refractivity contribution in [3.63, 3.8) is 0 Å². The second-order valence-corrected chi connectivity index (χ2v) is 5.98. The van der Waals surface area contributed by atoms with E-state index < -0.39 is 6.67 Å². The van der Waals surface area contributed by atoms with Crippen LogP contribution in [0.2, 0.25) is 0 Å². The Balaban J connectivity index is 1.88. The van der Waals surface area contributed by atoms with E-state index in [0.29, 0.717) is 6.54 Å². The predicted molar refractivity (Wildman–Crippen MR) is 86.8 cm³/mol. The Kier molecular flexibility index (Phi) is 3.56. The molecule has 1 aliphatic rings. The van der Waals surface area contributed by atoms with Crippen molar-refractivity contribution in [3.8, 4) is 11.5 Å². The van der Waals surface area contributed by atoms with Crippen molar-refractivity contribution in [1.29, 1.82) is 0 Å². The molecule has 9 heteroatoms. The van der Waals surface area contributed by atoms with Gasteiger partial charge in [-0.25, -0.2) is 9.97 Å². The van der Waals surface area contributed by atoms with Gasteiger partial charge < -0.3 is 9.88 Å². The summed E-state index contributed by atoms with van der Waals surface area (Å²) in [5, 5.41) is 4.23. The molecule has 1 fully saturated rings. The summed E-state index contributed by atoms with van der Waals surface area (Å²) in [6.07, 6.45) is 4.53. The van der Waals surface area contributed by atoms with Crippen molar-refractivity contribution < 1.29 is 9.18 Å². The molecule has 1 amide bonds. The van der Waals surface area contributed by atoms with Crippen LogP contribution in [0.4, 0.5) is 4.39 Å². The van der Waals surface area contributed by atoms with Crippen LogP contribution in [0.15, 0.2) is 35.5 Å². The zero-order valence-electron chi connectivity index (χ0n) is 13.4. The van der Waals surface area contributed by atoms with E-state index in [1.807, 2.05) is 0 Å². The number of hydrogen-bond donors (Lipinski definition) is 1. The number of fused-ring (bicyclic) bond motifs is 1. The van der Waals surface area contributed by atoms with Gasteiger partial charge in [0.2, 0.25) is 0 Å². The lowest BCUT2D eigenvalue weighted by Gasteiger charge is -2.45.